The fourth-order valence-corrected chi connectivity index (χ4v) is 8.15. The molecule has 12 nitrogen and oxygen atoms in total. The number of halogens is 1. The molecule has 6 rings (SSSR count). The number of anilines is 1. The third-order valence-electron chi connectivity index (χ3n) is 8.80. The number of hydrogen-bond donors (Lipinski definition) is 1. The monoisotopic (exact) mass is 668 g/mol. The highest BCUT2D eigenvalue weighted by Crippen LogP contribution is 2.49. The van der Waals surface area contributed by atoms with Crippen LogP contribution >= 0.6 is 11.6 Å². The molecule has 46 heavy (non-hydrogen) atoms. The Bertz CT molecular complexity index is 1700. The van der Waals surface area contributed by atoms with Crippen molar-refractivity contribution in [3.63, 3.8) is 0 Å². The van der Waals surface area contributed by atoms with Crippen LogP contribution in [0.1, 0.15) is 30.9 Å². The number of benzene rings is 2. The van der Waals surface area contributed by atoms with Gasteiger partial charge in [-0.25, -0.2) is 18.2 Å². The molecule has 4 heterocycles. The fraction of sp³-hybridized carbons (Fsp3) is 0.406. The van der Waals surface area contributed by atoms with E-state index in [4.69, 9.17) is 21.2 Å². The zero-order valence-electron chi connectivity index (χ0n) is 25.8. The molecular formula is C32H37ClN6O6S. The Hall–Kier alpha value is -3.75. The van der Waals surface area contributed by atoms with Gasteiger partial charge in [0.15, 0.2) is 5.54 Å². The van der Waals surface area contributed by atoms with Gasteiger partial charge in [0.25, 0.3) is 15.9 Å². The number of pyridine rings is 1. The minimum absolute atomic E-state index is 0.0385. The van der Waals surface area contributed by atoms with Crippen molar-refractivity contribution in [2.24, 2.45) is 0 Å². The molecule has 1 aromatic heterocycles. The van der Waals surface area contributed by atoms with Gasteiger partial charge in [0.05, 0.1) is 22.8 Å². The van der Waals surface area contributed by atoms with Crippen LogP contribution < -0.4 is 14.4 Å². The maximum atomic E-state index is 14.8. The average molecular weight is 669 g/mol. The van der Waals surface area contributed by atoms with Gasteiger partial charge >= 0.3 is 6.09 Å². The molecule has 0 saturated carbocycles. The van der Waals surface area contributed by atoms with Gasteiger partial charge in [-0.15, -0.1) is 5.06 Å². The summed E-state index contributed by atoms with van der Waals surface area (Å²) in [6.45, 7) is 6.49. The maximum Gasteiger partial charge on any atom is 0.427 e. The summed E-state index contributed by atoms with van der Waals surface area (Å²) < 4.78 is 34.7. The lowest BCUT2D eigenvalue weighted by Crippen LogP contribution is -2.57. The SMILES string of the molecule is CCOc1ncccc1C1(NC(=O)ON2CCN(C3CCN(C)CC3)CC2)C(=O)N(S(=O)(=O)c2ccccc2)c2ccc(Cl)cc21. The number of ether oxygens (including phenoxy) is 1. The number of piperidine rings is 1. The van der Waals surface area contributed by atoms with Crippen molar-refractivity contribution in [3.8, 4) is 5.88 Å². The Balaban J connectivity index is 1.35. The van der Waals surface area contributed by atoms with E-state index in [1.54, 1.807) is 42.3 Å². The van der Waals surface area contributed by atoms with E-state index in [1.807, 2.05) is 0 Å². The molecule has 3 aliphatic rings. The van der Waals surface area contributed by atoms with Crippen molar-refractivity contribution in [2.75, 3.05) is 57.2 Å². The molecule has 3 aliphatic heterocycles. The molecule has 1 N–H and O–H groups in total. The van der Waals surface area contributed by atoms with Gasteiger partial charge < -0.3 is 14.5 Å². The number of carbonyl (C=O) groups excluding carboxylic acids is 2. The minimum atomic E-state index is -4.43. The van der Waals surface area contributed by atoms with Gasteiger partial charge in [-0.3, -0.25) is 15.0 Å². The first-order chi connectivity index (χ1) is 22.1. The molecule has 0 spiro atoms. The molecule has 1 unspecified atom stereocenters. The smallest absolute Gasteiger partial charge is 0.427 e. The molecule has 2 fully saturated rings. The maximum absolute atomic E-state index is 14.8. The number of likely N-dealkylation sites (tertiary alicyclic amines) is 1. The predicted molar refractivity (Wildman–Crippen MR) is 172 cm³/mol. The molecule has 0 bridgehead atoms. The summed E-state index contributed by atoms with van der Waals surface area (Å²) in [4.78, 5) is 43.3. The van der Waals surface area contributed by atoms with Crippen LogP contribution in [0.15, 0.2) is 71.8 Å². The van der Waals surface area contributed by atoms with E-state index in [0.29, 0.717) is 23.4 Å². The normalized spacial score (nSPS) is 21.6. The van der Waals surface area contributed by atoms with Crippen molar-refractivity contribution >= 4 is 39.3 Å². The second-order valence-corrected chi connectivity index (χ2v) is 13.8. The largest absolute Gasteiger partial charge is 0.478 e. The number of amides is 2. The highest BCUT2D eigenvalue weighted by Gasteiger charge is 2.59. The molecule has 0 radical (unpaired) electrons. The Kier molecular flexibility index (Phi) is 9.22. The number of aromatic nitrogens is 1. The first-order valence-electron chi connectivity index (χ1n) is 15.4. The molecule has 2 amide bonds. The highest BCUT2D eigenvalue weighted by atomic mass is 35.5. The number of nitrogens with one attached hydrogen (secondary N) is 1. The quantitative estimate of drug-likeness (QED) is 0.382. The van der Waals surface area contributed by atoms with E-state index in [9.17, 15) is 18.0 Å². The second kappa shape index (κ2) is 13.2. The number of nitrogens with zero attached hydrogens (tertiary/aromatic N) is 5. The molecule has 14 heteroatoms. The lowest BCUT2D eigenvalue weighted by molar-refractivity contribution is -0.133. The van der Waals surface area contributed by atoms with E-state index < -0.39 is 27.6 Å². The standard InChI is InChI=1S/C32H37ClN6O6S/c1-3-44-29-26(10-7-15-34-29)32(35-31(41)45-38-20-18-37(19-21-38)24-13-16-36(2)17-14-24)27-22-23(33)11-12-28(27)39(30(32)40)46(42,43)25-8-5-4-6-9-25/h4-12,15,22,24H,3,13-14,16-21H2,1-2H3,(H,35,41). The number of carbonyl (C=O) groups is 2. The van der Waals surface area contributed by atoms with E-state index in [0.717, 1.165) is 39.0 Å². The first-order valence-corrected chi connectivity index (χ1v) is 17.2. The summed E-state index contributed by atoms with van der Waals surface area (Å²) >= 11 is 6.46. The van der Waals surface area contributed by atoms with Crippen LogP contribution in [0.5, 0.6) is 5.88 Å². The van der Waals surface area contributed by atoms with Crippen LogP contribution in [-0.2, 0) is 25.2 Å². The van der Waals surface area contributed by atoms with Gasteiger partial charge in [-0.2, -0.15) is 4.31 Å². The van der Waals surface area contributed by atoms with Crippen molar-refractivity contribution in [1.82, 2.24) is 25.2 Å². The van der Waals surface area contributed by atoms with Gasteiger partial charge in [0.1, 0.15) is 0 Å². The summed E-state index contributed by atoms with van der Waals surface area (Å²) in [6, 6.07) is 15.7. The summed E-state index contributed by atoms with van der Waals surface area (Å²) in [6.07, 6.45) is 2.75. The molecule has 1 atom stereocenters. The Morgan fingerprint density at radius 2 is 1.72 bits per heavy atom. The van der Waals surface area contributed by atoms with Crippen LogP contribution in [0.2, 0.25) is 5.02 Å². The van der Waals surface area contributed by atoms with Crippen LogP contribution in [0.3, 0.4) is 0 Å². The number of rotatable bonds is 8. The minimum Gasteiger partial charge on any atom is -0.478 e. The third-order valence-corrected chi connectivity index (χ3v) is 10.7. The second-order valence-electron chi connectivity index (χ2n) is 11.6. The van der Waals surface area contributed by atoms with E-state index >= 15 is 0 Å². The van der Waals surface area contributed by atoms with Crippen molar-refractivity contribution in [1.29, 1.82) is 0 Å². The van der Waals surface area contributed by atoms with Crippen molar-refractivity contribution < 1.29 is 27.6 Å². The topological polar surface area (TPSA) is 125 Å². The summed E-state index contributed by atoms with van der Waals surface area (Å²) in [5.74, 6) is -0.901. The molecule has 2 saturated heterocycles. The lowest BCUT2D eigenvalue weighted by Gasteiger charge is -2.41. The number of sulfonamides is 1. The molecule has 0 aliphatic carbocycles. The lowest BCUT2D eigenvalue weighted by atomic mass is 9.84. The molecule has 3 aromatic rings. The zero-order chi connectivity index (χ0) is 32.5. The average Bonchev–Trinajstić information content (AvgIpc) is 3.30. The van der Waals surface area contributed by atoms with Gasteiger partial charge in [-0.1, -0.05) is 29.8 Å². The van der Waals surface area contributed by atoms with E-state index in [1.165, 1.54) is 36.5 Å². The highest BCUT2D eigenvalue weighted by molar-refractivity contribution is 7.93. The molecule has 2 aromatic carbocycles. The number of hydrogen-bond acceptors (Lipinski definition) is 10. The predicted octanol–water partition coefficient (Wildman–Crippen LogP) is 3.47. The van der Waals surface area contributed by atoms with Crippen LogP contribution in [0.4, 0.5) is 10.5 Å². The van der Waals surface area contributed by atoms with Crippen LogP contribution in [0, 0.1) is 0 Å². The Morgan fingerprint density at radius 1 is 1.00 bits per heavy atom. The van der Waals surface area contributed by atoms with Crippen LogP contribution in [-0.4, -0.2) is 99.2 Å². The number of fused-ring (bicyclic) bond motifs is 1. The van der Waals surface area contributed by atoms with E-state index in [-0.39, 0.29) is 39.2 Å². The number of piperazine rings is 1. The zero-order valence-corrected chi connectivity index (χ0v) is 27.3. The van der Waals surface area contributed by atoms with Gasteiger partial charge in [0, 0.05) is 49.0 Å². The summed E-state index contributed by atoms with van der Waals surface area (Å²) in [7, 11) is -2.30. The fourth-order valence-electron chi connectivity index (χ4n) is 6.49. The Labute approximate surface area is 273 Å². The van der Waals surface area contributed by atoms with Crippen molar-refractivity contribution in [3.05, 3.63) is 83.0 Å². The summed E-state index contributed by atoms with van der Waals surface area (Å²) in [5.41, 5.74) is -1.78. The molecule has 244 valence electrons. The number of hydroxylamine groups is 2. The Morgan fingerprint density at radius 3 is 2.41 bits per heavy atom. The third kappa shape index (κ3) is 5.93. The van der Waals surface area contributed by atoms with Crippen LogP contribution in [0.25, 0.3) is 0 Å². The van der Waals surface area contributed by atoms with Gasteiger partial charge in [0.2, 0.25) is 5.88 Å². The van der Waals surface area contributed by atoms with Gasteiger partial charge in [-0.05, 0) is 82.4 Å². The molecular weight excluding hydrogens is 632 g/mol. The summed E-state index contributed by atoms with van der Waals surface area (Å²) in [5, 5.41) is 4.57. The first kappa shape index (κ1) is 32.2. The van der Waals surface area contributed by atoms with E-state index in [2.05, 4.69) is 27.1 Å². The van der Waals surface area contributed by atoms with Crippen molar-refractivity contribution in [2.45, 2.75) is 36.2 Å².